The van der Waals surface area contributed by atoms with Crippen molar-refractivity contribution in [2.75, 3.05) is 4.90 Å². The van der Waals surface area contributed by atoms with Gasteiger partial charge in [-0.25, -0.2) is 0 Å². The van der Waals surface area contributed by atoms with Crippen LogP contribution in [-0.2, 0) is 6.54 Å². The van der Waals surface area contributed by atoms with Crippen LogP contribution in [0.15, 0.2) is 64.8 Å². The van der Waals surface area contributed by atoms with Crippen LogP contribution in [0, 0.1) is 20.8 Å². The minimum Gasteiger partial charge on any atom is -0.321 e. The summed E-state index contributed by atoms with van der Waals surface area (Å²) >= 11 is 1.41. The maximum atomic E-state index is 13.3. The monoisotopic (exact) mass is 402 g/mol. The predicted octanol–water partition coefficient (Wildman–Crippen LogP) is 5.36. The molecule has 0 unspecified atom stereocenters. The van der Waals surface area contributed by atoms with E-state index < -0.39 is 0 Å². The molecule has 1 amide bonds. The third kappa shape index (κ3) is 3.74. The van der Waals surface area contributed by atoms with Crippen molar-refractivity contribution in [2.24, 2.45) is 0 Å². The van der Waals surface area contributed by atoms with E-state index in [0.29, 0.717) is 10.4 Å². The second-order valence-corrected chi connectivity index (χ2v) is 8.27. The van der Waals surface area contributed by atoms with Gasteiger partial charge < -0.3 is 9.88 Å². The van der Waals surface area contributed by atoms with E-state index in [4.69, 9.17) is 0 Å². The van der Waals surface area contributed by atoms with Crippen molar-refractivity contribution in [1.29, 1.82) is 0 Å². The fourth-order valence-corrected chi connectivity index (χ4v) is 4.30. The van der Waals surface area contributed by atoms with Gasteiger partial charge >= 0.3 is 0 Å². The van der Waals surface area contributed by atoms with Gasteiger partial charge in [-0.3, -0.25) is 9.59 Å². The molecule has 5 heteroatoms. The van der Waals surface area contributed by atoms with Crippen LogP contribution in [0.1, 0.15) is 31.9 Å². The highest BCUT2D eigenvalue weighted by atomic mass is 32.1. The van der Waals surface area contributed by atoms with Gasteiger partial charge in [-0.1, -0.05) is 42.0 Å². The standard InChI is InChI=1S/C24H22N2O2S/c1-15-9-10-20(17(3)12-15)26(24(28)21-8-5-11-29-21)14-19-13-18-7-4-6-16(2)22(18)25-23(19)27/h4-13H,14H2,1-3H3,(H,25,27). The van der Waals surface area contributed by atoms with E-state index in [9.17, 15) is 9.59 Å². The van der Waals surface area contributed by atoms with Crippen LogP contribution in [0.25, 0.3) is 10.9 Å². The Hall–Kier alpha value is -3.18. The number of carbonyl (C=O) groups excluding carboxylic acids is 1. The van der Waals surface area contributed by atoms with Gasteiger partial charge in [0.2, 0.25) is 0 Å². The molecule has 4 rings (SSSR count). The van der Waals surface area contributed by atoms with Crippen LogP contribution in [0.4, 0.5) is 5.69 Å². The molecular formula is C24H22N2O2S. The van der Waals surface area contributed by atoms with Crippen molar-refractivity contribution < 1.29 is 4.79 Å². The summed E-state index contributed by atoms with van der Waals surface area (Å²) in [5.74, 6) is -0.101. The predicted molar refractivity (Wildman–Crippen MR) is 120 cm³/mol. The Bertz CT molecular complexity index is 1260. The maximum Gasteiger partial charge on any atom is 0.268 e. The lowest BCUT2D eigenvalue weighted by molar-refractivity contribution is 0.0989. The minimum absolute atomic E-state index is 0.101. The number of carbonyl (C=O) groups is 1. The molecule has 146 valence electrons. The first-order valence-corrected chi connectivity index (χ1v) is 10.4. The maximum absolute atomic E-state index is 13.3. The molecule has 0 aliphatic rings. The summed E-state index contributed by atoms with van der Waals surface area (Å²) in [5.41, 5.74) is 5.21. The molecular weight excluding hydrogens is 380 g/mol. The van der Waals surface area contributed by atoms with Crippen LogP contribution in [-0.4, -0.2) is 10.9 Å². The molecule has 0 bridgehead atoms. The van der Waals surface area contributed by atoms with Crippen LogP contribution >= 0.6 is 11.3 Å². The number of aryl methyl sites for hydroxylation is 3. The molecule has 0 aliphatic heterocycles. The molecule has 2 heterocycles. The topological polar surface area (TPSA) is 53.2 Å². The quantitative estimate of drug-likeness (QED) is 0.499. The van der Waals surface area contributed by atoms with E-state index in [1.54, 1.807) is 4.90 Å². The van der Waals surface area contributed by atoms with Gasteiger partial charge in [-0.15, -0.1) is 11.3 Å². The fourth-order valence-electron chi connectivity index (χ4n) is 3.62. The normalized spacial score (nSPS) is 11.0. The number of fused-ring (bicyclic) bond motifs is 1. The van der Waals surface area contributed by atoms with E-state index in [0.717, 1.165) is 33.3 Å². The second-order valence-electron chi connectivity index (χ2n) is 7.32. The van der Waals surface area contributed by atoms with Crippen molar-refractivity contribution in [3.05, 3.63) is 97.5 Å². The number of benzene rings is 2. The Labute approximate surface area is 173 Å². The molecule has 0 saturated heterocycles. The number of nitrogens with zero attached hydrogens (tertiary/aromatic N) is 1. The number of para-hydroxylation sites is 1. The highest BCUT2D eigenvalue weighted by Crippen LogP contribution is 2.26. The number of aromatic amines is 1. The van der Waals surface area contributed by atoms with E-state index in [2.05, 4.69) is 11.1 Å². The zero-order chi connectivity index (χ0) is 20.5. The van der Waals surface area contributed by atoms with Crippen LogP contribution in [0.3, 0.4) is 0 Å². The summed E-state index contributed by atoms with van der Waals surface area (Å²) in [5, 5.41) is 2.85. The van der Waals surface area contributed by atoms with Crippen molar-refractivity contribution in [1.82, 2.24) is 4.98 Å². The summed E-state index contributed by atoms with van der Waals surface area (Å²) in [6.45, 7) is 6.20. The molecule has 0 radical (unpaired) electrons. The lowest BCUT2D eigenvalue weighted by atomic mass is 10.1. The zero-order valence-corrected chi connectivity index (χ0v) is 17.5. The van der Waals surface area contributed by atoms with Gasteiger partial charge in [0.1, 0.15) is 0 Å². The number of pyridine rings is 1. The van der Waals surface area contributed by atoms with Crippen LogP contribution in [0.2, 0.25) is 0 Å². The molecule has 4 nitrogen and oxygen atoms in total. The van der Waals surface area contributed by atoms with E-state index in [1.165, 1.54) is 11.3 Å². The molecule has 0 aliphatic carbocycles. The highest BCUT2D eigenvalue weighted by molar-refractivity contribution is 7.12. The van der Waals surface area contributed by atoms with Crippen molar-refractivity contribution in [3.63, 3.8) is 0 Å². The summed E-state index contributed by atoms with van der Waals surface area (Å²) in [4.78, 5) is 31.5. The number of hydrogen-bond acceptors (Lipinski definition) is 3. The minimum atomic E-state index is -0.166. The smallest absolute Gasteiger partial charge is 0.268 e. The Morgan fingerprint density at radius 1 is 1.00 bits per heavy atom. The molecule has 0 saturated carbocycles. The third-order valence-corrected chi connectivity index (χ3v) is 5.97. The van der Waals surface area contributed by atoms with Gasteiger partial charge in [-0.2, -0.15) is 0 Å². The van der Waals surface area contributed by atoms with E-state index in [-0.39, 0.29) is 18.0 Å². The van der Waals surface area contributed by atoms with Gasteiger partial charge in [0.05, 0.1) is 16.9 Å². The molecule has 2 aromatic heterocycles. The molecule has 4 aromatic rings. The number of rotatable bonds is 4. The lowest BCUT2D eigenvalue weighted by Crippen LogP contribution is -2.33. The summed E-state index contributed by atoms with van der Waals surface area (Å²) in [6.07, 6.45) is 0. The first-order valence-electron chi connectivity index (χ1n) is 9.48. The second kappa shape index (κ2) is 7.68. The SMILES string of the molecule is Cc1ccc(N(Cc2cc3cccc(C)c3[nH]c2=O)C(=O)c2cccs2)c(C)c1. The molecule has 29 heavy (non-hydrogen) atoms. The largest absolute Gasteiger partial charge is 0.321 e. The summed E-state index contributed by atoms with van der Waals surface area (Å²) in [6, 6.07) is 17.5. The first-order chi connectivity index (χ1) is 13.9. The molecule has 1 N–H and O–H groups in total. The van der Waals surface area contributed by atoms with E-state index in [1.807, 2.05) is 74.7 Å². The Kier molecular flexibility index (Phi) is 5.07. The highest BCUT2D eigenvalue weighted by Gasteiger charge is 2.22. The fraction of sp³-hybridized carbons (Fsp3) is 0.167. The van der Waals surface area contributed by atoms with Crippen molar-refractivity contribution in [2.45, 2.75) is 27.3 Å². The van der Waals surface area contributed by atoms with Crippen molar-refractivity contribution in [3.8, 4) is 0 Å². The number of H-pyrrole nitrogens is 1. The van der Waals surface area contributed by atoms with Crippen molar-refractivity contribution >= 4 is 33.8 Å². The van der Waals surface area contributed by atoms with Crippen LogP contribution in [0.5, 0.6) is 0 Å². The number of thiophene rings is 1. The van der Waals surface area contributed by atoms with E-state index >= 15 is 0 Å². The Morgan fingerprint density at radius 2 is 1.83 bits per heavy atom. The Balaban J connectivity index is 1.82. The summed E-state index contributed by atoms with van der Waals surface area (Å²) in [7, 11) is 0. The number of anilines is 1. The molecule has 0 atom stereocenters. The van der Waals surface area contributed by atoms with Gasteiger partial charge in [0, 0.05) is 11.3 Å². The third-order valence-electron chi connectivity index (χ3n) is 5.11. The van der Waals surface area contributed by atoms with Gasteiger partial charge in [0.15, 0.2) is 0 Å². The first kappa shape index (κ1) is 19.2. The average molecular weight is 403 g/mol. The summed E-state index contributed by atoms with van der Waals surface area (Å²) < 4.78 is 0. The lowest BCUT2D eigenvalue weighted by Gasteiger charge is -2.24. The number of aromatic nitrogens is 1. The number of amides is 1. The average Bonchev–Trinajstić information content (AvgIpc) is 3.22. The molecule has 2 aromatic carbocycles. The Morgan fingerprint density at radius 3 is 2.55 bits per heavy atom. The molecule has 0 spiro atoms. The zero-order valence-electron chi connectivity index (χ0n) is 16.7. The molecule has 0 fully saturated rings. The van der Waals surface area contributed by atoms with Gasteiger partial charge in [0.25, 0.3) is 11.5 Å². The van der Waals surface area contributed by atoms with Gasteiger partial charge in [-0.05, 0) is 60.9 Å². The number of nitrogens with one attached hydrogen (secondary N) is 1. The number of hydrogen-bond donors (Lipinski definition) is 1. The van der Waals surface area contributed by atoms with Crippen LogP contribution < -0.4 is 10.5 Å².